The van der Waals surface area contributed by atoms with Crippen molar-refractivity contribution in [3.8, 4) is 0 Å². The van der Waals surface area contributed by atoms with Crippen LogP contribution in [0, 0.1) is 0 Å². The van der Waals surface area contributed by atoms with E-state index >= 15 is 0 Å². The molecule has 2 aliphatic rings. The molecular weight excluding hydrogens is 428 g/mol. The number of hydrogen-bond acceptors (Lipinski definition) is 6. The first-order valence-electron chi connectivity index (χ1n) is 10.7. The lowest BCUT2D eigenvalue weighted by Gasteiger charge is -2.33. The summed E-state index contributed by atoms with van der Waals surface area (Å²) >= 11 is 0. The zero-order valence-electron chi connectivity index (χ0n) is 18.7. The zero-order valence-corrected chi connectivity index (χ0v) is 19.5. The van der Waals surface area contributed by atoms with E-state index in [0.29, 0.717) is 18.0 Å². The number of aromatic amines is 1. The molecule has 0 saturated carbocycles. The molecule has 0 unspecified atom stereocenters. The van der Waals surface area contributed by atoms with Crippen molar-refractivity contribution < 1.29 is 17.9 Å². The maximum atomic E-state index is 12.3. The summed E-state index contributed by atoms with van der Waals surface area (Å²) in [6.07, 6.45) is 6.84. The number of likely N-dealkylation sites (tertiary alicyclic amines) is 1. The number of carbonyl (C=O) groups is 1. The molecule has 0 spiro atoms. The van der Waals surface area contributed by atoms with Gasteiger partial charge < -0.3 is 24.8 Å². The molecule has 1 amide bonds. The highest BCUT2D eigenvalue weighted by Crippen LogP contribution is 2.36. The molecule has 2 N–H and O–H groups in total. The van der Waals surface area contributed by atoms with Gasteiger partial charge in [0, 0.05) is 80.0 Å². The van der Waals surface area contributed by atoms with Gasteiger partial charge in [-0.3, -0.25) is 4.79 Å². The van der Waals surface area contributed by atoms with Crippen LogP contribution in [0.2, 0.25) is 0 Å². The van der Waals surface area contributed by atoms with E-state index in [2.05, 4.69) is 21.4 Å². The van der Waals surface area contributed by atoms with Crippen molar-refractivity contribution in [2.75, 3.05) is 45.4 Å². The normalized spacial score (nSPS) is 17.2. The van der Waals surface area contributed by atoms with Gasteiger partial charge in [-0.2, -0.15) is 0 Å². The molecule has 1 fully saturated rings. The van der Waals surface area contributed by atoms with Crippen molar-refractivity contribution in [2.24, 2.45) is 0 Å². The number of rotatable bonds is 6. The van der Waals surface area contributed by atoms with Crippen molar-refractivity contribution in [1.82, 2.24) is 14.8 Å². The molecule has 32 heavy (non-hydrogen) atoms. The second kappa shape index (κ2) is 8.99. The molecular formula is C23H30N4O4S. The summed E-state index contributed by atoms with van der Waals surface area (Å²) in [7, 11) is 0.187. The molecule has 2 aliphatic heterocycles. The number of methoxy groups -OCH3 is 1. The standard InChI is InChI=1S/C23H30N4O4S/c1-26-13-20(18-6-9-24-22(18)14-26)19-12-17(32(3,29)30)4-5-21(19)25-16-7-10-27(11-8-16)23(28)15-31-2/h4-6,9,12-13,16,24-25H,7-8,10-11,14-15H2,1-3H3. The highest BCUT2D eigenvalue weighted by atomic mass is 32.2. The maximum absolute atomic E-state index is 12.3. The molecule has 1 aromatic carbocycles. The van der Waals surface area contributed by atoms with Gasteiger partial charge in [-0.1, -0.05) is 0 Å². The van der Waals surface area contributed by atoms with Gasteiger partial charge in [-0.25, -0.2) is 8.42 Å². The Bertz CT molecular complexity index is 1130. The topological polar surface area (TPSA) is 94.7 Å². The highest BCUT2D eigenvalue weighted by molar-refractivity contribution is 7.90. The summed E-state index contributed by atoms with van der Waals surface area (Å²) in [5, 5.41) is 3.62. The molecule has 0 bridgehead atoms. The fraction of sp³-hybridized carbons (Fsp3) is 0.435. The van der Waals surface area contributed by atoms with Gasteiger partial charge in [-0.05, 0) is 37.1 Å². The SMILES string of the molecule is COCC(=O)N1CCC(Nc2ccc(S(C)(=O)=O)cc2C2=CN(C)Cc3[nH]ccc32)CC1. The Kier molecular flexibility index (Phi) is 6.30. The van der Waals surface area contributed by atoms with Gasteiger partial charge >= 0.3 is 0 Å². The molecule has 3 heterocycles. The highest BCUT2D eigenvalue weighted by Gasteiger charge is 2.25. The van der Waals surface area contributed by atoms with Crippen LogP contribution in [0.4, 0.5) is 5.69 Å². The number of aromatic nitrogens is 1. The third-order valence-electron chi connectivity index (χ3n) is 6.06. The number of nitrogens with one attached hydrogen (secondary N) is 2. The van der Waals surface area contributed by atoms with Gasteiger partial charge in [0.25, 0.3) is 0 Å². The fourth-order valence-corrected chi connectivity index (χ4v) is 5.04. The van der Waals surface area contributed by atoms with Crippen LogP contribution in [0.15, 0.2) is 41.6 Å². The summed E-state index contributed by atoms with van der Waals surface area (Å²) in [5.41, 5.74) is 4.92. The predicted octanol–water partition coefficient (Wildman–Crippen LogP) is 2.30. The first-order chi connectivity index (χ1) is 15.3. The molecule has 0 atom stereocenters. The maximum Gasteiger partial charge on any atom is 0.248 e. The van der Waals surface area contributed by atoms with Crippen molar-refractivity contribution in [1.29, 1.82) is 0 Å². The molecule has 1 aromatic heterocycles. The number of carbonyl (C=O) groups excluding carboxylic acids is 1. The third-order valence-corrected chi connectivity index (χ3v) is 7.17. The number of nitrogens with zero attached hydrogens (tertiary/aromatic N) is 2. The number of piperidine rings is 1. The van der Waals surface area contributed by atoms with Crippen LogP contribution in [-0.4, -0.2) is 75.3 Å². The van der Waals surface area contributed by atoms with Crippen LogP contribution >= 0.6 is 0 Å². The monoisotopic (exact) mass is 458 g/mol. The van der Waals surface area contributed by atoms with Gasteiger partial charge in [0.05, 0.1) is 11.4 Å². The van der Waals surface area contributed by atoms with Gasteiger partial charge in [0.1, 0.15) is 6.61 Å². The lowest BCUT2D eigenvalue weighted by molar-refractivity contribution is -0.136. The van der Waals surface area contributed by atoms with Crippen molar-refractivity contribution in [2.45, 2.75) is 30.3 Å². The average molecular weight is 459 g/mol. The lowest BCUT2D eigenvalue weighted by Crippen LogP contribution is -2.43. The van der Waals surface area contributed by atoms with E-state index in [1.165, 1.54) is 13.4 Å². The summed E-state index contributed by atoms with van der Waals surface area (Å²) in [5.74, 6) is 0.0135. The molecule has 1 saturated heterocycles. The van der Waals surface area contributed by atoms with E-state index in [9.17, 15) is 13.2 Å². The Balaban J connectivity index is 1.63. The minimum Gasteiger partial charge on any atom is -0.382 e. The number of sulfone groups is 1. The second-order valence-corrected chi connectivity index (χ2v) is 10.6. The zero-order chi connectivity index (χ0) is 22.9. The molecule has 0 aliphatic carbocycles. The number of H-pyrrole nitrogens is 1. The smallest absolute Gasteiger partial charge is 0.248 e. The van der Waals surface area contributed by atoms with Crippen LogP contribution in [0.25, 0.3) is 5.57 Å². The summed E-state index contributed by atoms with van der Waals surface area (Å²) < 4.78 is 29.5. The third kappa shape index (κ3) is 4.68. The van der Waals surface area contributed by atoms with E-state index < -0.39 is 9.84 Å². The van der Waals surface area contributed by atoms with Gasteiger partial charge in [0.15, 0.2) is 9.84 Å². The van der Waals surface area contributed by atoms with Crippen molar-refractivity contribution >= 4 is 27.0 Å². The molecule has 172 valence electrons. The van der Waals surface area contributed by atoms with Gasteiger partial charge in [0.2, 0.25) is 5.91 Å². The van der Waals surface area contributed by atoms with E-state index in [4.69, 9.17) is 4.74 Å². The second-order valence-electron chi connectivity index (χ2n) is 8.54. The quantitative estimate of drug-likeness (QED) is 0.690. The summed E-state index contributed by atoms with van der Waals surface area (Å²) in [6.45, 7) is 2.22. The number of ether oxygens (including phenoxy) is 1. The first-order valence-corrected chi connectivity index (χ1v) is 12.6. The number of benzene rings is 1. The fourth-order valence-electron chi connectivity index (χ4n) is 4.40. The van der Waals surface area contributed by atoms with Crippen LogP contribution in [0.3, 0.4) is 0 Å². The van der Waals surface area contributed by atoms with E-state index in [1.54, 1.807) is 12.1 Å². The predicted molar refractivity (Wildman–Crippen MR) is 124 cm³/mol. The number of hydrogen-bond donors (Lipinski definition) is 2. The van der Waals surface area contributed by atoms with E-state index in [1.807, 2.05) is 30.3 Å². The van der Waals surface area contributed by atoms with Crippen molar-refractivity contribution in [3.63, 3.8) is 0 Å². The van der Waals surface area contributed by atoms with Crippen LogP contribution < -0.4 is 5.32 Å². The first kappa shape index (κ1) is 22.4. The van der Waals surface area contributed by atoms with Crippen molar-refractivity contribution in [3.05, 3.63) is 53.5 Å². The van der Waals surface area contributed by atoms with E-state index in [-0.39, 0.29) is 18.6 Å². The Morgan fingerprint density at radius 1 is 1.22 bits per heavy atom. The lowest BCUT2D eigenvalue weighted by atomic mass is 9.94. The largest absolute Gasteiger partial charge is 0.382 e. The summed E-state index contributed by atoms with van der Waals surface area (Å²) in [4.78, 5) is 19.6. The van der Waals surface area contributed by atoms with Crippen LogP contribution in [0.5, 0.6) is 0 Å². The Labute approximate surface area is 189 Å². The molecule has 0 radical (unpaired) electrons. The number of anilines is 1. The number of amides is 1. The Hall–Kier alpha value is -2.78. The van der Waals surface area contributed by atoms with Crippen LogP contribution in [-0.2, 0) is 25.9 Å². The Morgan fingerprint density at radius 2 is 1.97 bits per heavy atom. The van der Waals surface area contributed by atoms with Crippen LogP contribution in [0.1, 0.15) is 29.7 Å². The molecule has 9 heteroatoms. The minimum atomic E-state index is -3.35. The van der Waals surface area contributed by atoms with E-state index in [0.717, 1.165) is 47.5 Å². The average Bonchev–Trinajstić information content (AvgIpc) is 3.22. The molecule has 2 aromatic rings. The van der Waals surface area contributed by atoms with Gasteiger partial charge in [-0.15, -0.1) is 0 Å². The molecule has 8 nitrogen and oxygen atoms in total. The Morgan fingerprint density at radius 3 is 2.66 bits per heavy atom. The molecule has 4 rings (SSSR count). The number of fused-ring (bicyclic) bond motifs is 1. The summed E-state index contributed by atoms with van der Waals surface area (Å²) in [6, 6.07) is 7.50. The minimum absolute atomic E-state index is 0.0135.